The number of ketones is 1. The molecule has 15 heavy (non-hydrogen) atoms. The molecule has 0 fully saturated rings. The molecule has 0 N–H and O–H groups in total. The van der Waals surface area contributed by atoms with Crippen LogP contribution in [0.3, 0.4) is 0 Å². The van der Waals surface area contributed by atoms with Gasteiger partial charge >= 0.3 is 0 Å². The van der Waals surface area contributed by atoms with E-state index in [0.29, 0.717) is 0 Å². The summed E-state index contributed by atoms with van der Waals surface area (Å²) in [5, 5.41) is 1.09. The first kappa shape index (κ1) is 11.5. The second kappa shape index (κ2) is 5.31. The Bertz CT molecular complexity index is 331. The van der Waals surface area contributed by atoms with Gasteiger partial charge in [0.15, 0.2) is 11.5 Å². The summed E-state index contributed by atoms with van der Waals surface area (Å²) in [4.78, 5) is 27.4. The number of rotatable bonds is 5. The van der Waals surface area contributed by atoms with Gasteiger partial charge in [0.1, 0.15) is 0 Å². The molecule has 0 saturated heterocycles. The lowest BCUT2D eigenvalue weighted by molar-refractivity contribution is -0.168. The molecule has 1 rings (SSSR count). The van der Waals surface area contributed by atoms with Crippen LogP contribution in [0.25, 0.3) is 0 Å². The first-order valence-electron chi connectivity index (χ1n) is 4.52. The number of furan rings is 1. The molecule has 1 aromatic heterocycles. The van der Waals surface area contributed by atoms with E-state index >= 15 is 0 Å². The highest BCUT2D eigenvalue weighted by molar-refractivity contribution is 5.95. The quantitative estimate of drug-likeness (QED) is 0.543. The van der Waals surface area contributed by atoms with Crippen molar-refractivity contribution in [1.82, 2.24) is 5.06 Å². The normalized spacial score (nSPS) is 10.0. The number of Topliss-reactive ketones (excluding diaryl/α,β-unsaturated/α-hetero) is 1. The van der Waals surface area contributed by atoms with E-state index in [2.05, 4.69) is 4.84 Å². The van der Waals surface area contributed by atoms with Crippen molar-refractivity contribution in [2.24, 2.45) is 0 Å². The summed E-state index contributed by atoms with van der Waals surface area (Å²) in [5.41, 5.74) is 0. The first-order valence-corrected chi connectivity index (χ1v) is 4.52. The molecule has 1 aromatic rings. The molecule has 0 bridgehead atoms. The zero-order valence-corrected chi connectivity index (χ0v) is 8.73. The van der Waals surface area contributed by atoms with Crippen molar-refractivity contribution in [3.8, 4) is 0 Å². The van der Waals surface area contributed by atoms with Crippen molar-refractivity contribution < 1.29 is 18.8 Å². The maximum absolute atomic E-state index is 11.4. The largest absolute Gasteiger partial charge is 0.461 e. The highest BCUT2D eigenvalue weighted by Gasteiger charge is 2.13. The average Bonchev–Trinajstić information content (AvgIpc) is 2.77. The maximum Gasteiger partial charge on any atom is 0.246 e. The molecule has 0 aliphatic heterocycles. The summed E-state index contributed by atoms with van der Waals surface area (Å²) in [7, 11) is 2.89. The topological polar surface area (TPSA) is 59.8 Å². The van der Waals surface area contributed by atoms with Crippen molar-refractivity contribution in [3.63, 3.8) is 0 Å². The third-order valence-corrected chi connectivity index (χ3v) is 1.99. The van der Waals surface area contributed by atoms with Crippen LogP contribution in [-0.2, 0) is 9.63 Å². The molecule has 0 spiro atoms. The van der Waals surface area contributed by atoms with Gasteiger partial charge in [-0.25, -0.2) is 5.06 Å². The second-order valence-electron chi connectivity index (χ2n) is 2.97. The lowest BCUT2D eigenvalue weighted by Gasteiger charge is -2.12. The Morgan fingerprint density at radius 2 is 2.20 bits per heavy atom. The van der Waals surface area contributed by atoms with E-state index in [0.717, 1.165) is 5.06 Å². The zero-order valence-electron chi connectivity index (χ0n) is 8.73. The summed E-state index contributed by atoms with van der Waals surface area (Å²) < 4.78 is 4.91. The third kappa shape index (κ3) is 3.21. The van der Waals surface area contributed by atoms with Gasteiger partial charge in [-0.05, 0) is 12.1 Å². The zero-order chi connectivity index (χ0) is 11.3. The fraction of sp³-hybridized carbons (Fsp3) is 0.400. The molecular formula is C10H13NO4. The van der Waals surface area contributed by atoms with Crippen LogP contribution in [0.15, 0.2) is 22.8 Å². The van der Waals surface area contributed by atoms with E-state index in [-0.39, 0.29) is 30.3 Å². The van der Waals surface area contributed by atoms with Crippen LogP contribution in [-0.4, -0.2) is 30.9 Å². The van der Waals surface area contributed by atoms with Crippen molar-refractivity contribution in [2.45, 2.75) is 12.8 Å². The van der Waals surface area contributed by atoms with Gasteiger partial charge in [-0.3, -0.25) is 14.4 Å². The van der Waals surface area contributed by atoms with Gasteiger partial charge < -0.3 is 4.42 Å². The fourth-order valence-corrected chi connectivity index (χ4v) is 1.04. The van der Waals surface area contributed by atoms with Crippen molar-refractivity contribution in [1.29, 1.82) is 0 Å². The second-order valence-corrected chi connectivity index (χ2v) is 2.97. The summed E-state index contributed by atoms with van der Waals surface area (Å²) in [5.74, 6) is -0.141. The Labute approximate surface area is 87.6 Å². The molecule has 0 saturated carbocycles. The van der Waals surface area contributed by atoms with Gasteiger partial charge in [0, 0.05) is 19.9 Å². The standard InChI is InChI=1S/C10H13NO4/c1-11(14-2)10(13)6-5-8(12)9-4-3-7-15-9/h3-4,7H,5-6H2,1-2H3. The fourth-order valence-electron chi connectivity index (χ4n) is 1.04. The van der Waals surface area contributed by atoms with Gasteiger partial charge in [0.2, 0.25) is 5.91 Å². The summed E-state index contributed by atoms with van der Waals surface area (Å²) >= 11 is 0. The van der Waals surface area contributed by atoms with Gasteiger partial charge in [-0.1, -0.05) is 0 Å². The molecule has 1 amide bonds. The minimum absolute atomic E-state index is 0.115. The predicted octanol–water partition coefficient (Wildman–Crippen LogP) is 1.26. The smallest absolute Gasteiger partial charge is 0.246 e. The minimum atomic E-state index is -0.239. The van der Waals surface area contributed by atoms with Gasteiger partial charge in [-0.2, -0.15) is 0 Å². The van der Waals surface area contributed by atoms with Crippen LogP contribution < -0.4 is 0 Å². The van der Waals surface area contributed by atoms with Gasteiger partial charge in [0.25, 0.3) is 0 Å². The van der Waals surface area contributed by atoms with E-state index < -0.39 is 0 Å². The highest BCUT2D eigenvalue weighted by Crippen LogP contribution is 2.06. The molecule has 5 nitrogen and oxygen atoms in total. The van der Waals surface area contributed by atoms with Crippen LogP contribution in [0.1, 0.15) is 23.4 Å². The Morgan fingerprint density at radius 1 is 1.47 bits per heavy atom. The molecule has 0 aliphatic rings. The van der Waals surface area contributed by atoms with Crippen molar-refractivity contribution in [3.05, 3.63) is 24.2 Å². The SMILES string of the molecule is CON(C)C(=O)CCC(=O)c1ccco1. The highest BCUT2D eigenvalue weighted by atomic mass is 16.7. The van der Waals surface area contributed by atoms with Crippen LogP contribution in [0.4, 0.5) is 0 Å². The Hall–Kier alpha value is -1.62. The van der Waals surface area contributed by atoms with E-state index in [1.807, 2.05) is 0 Å². The van der Waals surface area contributed by atoms with Crippen molar-refractivity contribution >= 4 is 11.7 Å². The predicted molar refractivity (Wildman–Crippen MR) is 52.1 cm³/mol. The number of carbonyl (C=O) groups excluding carboxylic acids is 2. The lowest BCUT2D eigenvalue weighted by Crippen LogP contribution is -2.25. The molecule has 0 aromatic carbocycles. The average molecular weight is 211 g/mol. The number of nitrogens with zero attached hydrogens (tertiary/aromatic N) is 1. The molecule has 1 heterocycles. The number of carbonyl (C=O) groups is 2. The molecule has 5 heteroatoms. The summed E-state index contributed by atoms with van der Waals surface area (Å²) in [6.45, 7) is 0. The number of hydroxylamine groups is 2. The van der Waals surface area contributed by atoms with Crippen LogP contribution in [0.2, 0.25) is 0 Å². The minimum Gasteiger partial charge on any atom is -0.461 e. The van der Waals surface area contributed by atoms with Gasteiger partial charge in [-0.15, -0.1) is 0 Å². The number of hydrogen-bond donors (Lipinski definition) is 0. The van der Waals surface area contributed by atoms with Crippen molar-refractivity contribution in [2.75, 3.05) is 14.2 Å². The maximum atomic E-state index is 11.4. The van der Waals surface area contributed by atoms with E-state index in [1.54, 1.807) is 12.1 Å². The Balaban J connectivity index is 2.38. The third-order valence-electron chi connectivity index (χ3n) is 1.99. The monoisotopic (exact) mass is 211 g/mol. The molecule has 82 valence electrons. The molecule has 0 aliphatic carbocycles. The van der Waals surface area contributed by atoms with Crippen LogP contribution in [0, 0.1) is 0 Å². The number of amides is 1. The lowest BCUT2D eigenvalue weighted by atomic mass is 10.2. The first-order chi connectivity index (χ1) is 7.15. The Kier molecular flexibility index (Phi) is 4.05. The van der Waals surface area contributed by atoms with Gasteiger partial charge in [0.05, 0.1) is 13.4 Å². The summed E-state index contributed by atoms with van der Waals surface area (Å²) in [6, 6.07) is 3.21. The van der Waals surface area contributed by atoms with E-state index in [9.17, 15) is 9.59 Å². The van der Waals surface area contributed by atoms with E-state index in [1.165, 1.54) is 20.4 Å². The molecular weight excluding hydrogens is 198 g/mol. The summed E-state index contributed by atoms with van der Waals surface area (Å²) in [6.07, 6.45) is 1.67. The molecule has 0 unspecified atom stereocenters. The Morgan fingerprint density at radius 3 is 2.73 bits per heavy atom. The molecule has 0 atom stereocenters. The van der Waals surface area contributed by atoms with Crippen LogP contribution in [0.5, 0.6) is 0 Å². The van der Waals surface area contributed by atoms with E-state index in [4.69, 9.17) is 4.42 Å². The number of hydrogen-bond acceptors (Lipinski definition) is 4. The van der Waals surface area contributed by atoms with Crippen LogP contribution >= 0.6 is 0 Å². The molecule has 0 radical (unpaired) electrons.